The summed E-state index contributed by atoms with van der Waals surface area (Å²) in [6, 6.07) is 4.83. The molecule has 0 radical (unpaired) electrons. The Morgan fingerprint density at radius 1 is 1.29 bits per heavy atom. The second kappa shape index (κ2) is 5.91. The van der Waals surface area contributed by atoms with E-state index >= 15 is 0 Å². The van der Waals surface area contributed by atoms with Crippen molar-refractivity contribution in [1.29, 1.82) is 0 Å². The van der Waals surface area contributed by atoms with Crippen LogP contribution in [-0.4, -0.2) is 37.1 Å². The van der Waals surface area contributed by atoms with Crippen LogP contribution in [0.15, 0.2) is 24.3 Å². The van der Waals surface area contributed by atoms with Gasteiger partial charge in [0.1, 0.15) is 5.82 Å². The van der Waals surface area contributed by atoms with Gasteiger partial charge in [-0.1, -0.05) is 0 Å². The lowest BCUT2D eigenvalue weighted by Gasteiger charge is -2.17. The normalized spacial score (nSPS) is 25.9. The van der Waals surface area contributed by atoms with Crippen LogP contribution in [0.25, 0.3) is 0 Å². The number of hydrogen-bond acceptors (Lipinski definition) is 4. The Labute approximate surface area is 122 Å². The lowest BCUT2D eigenvalue weighted by Crippen LogP contribution is -2.41. The van der Waals surface area contributed by atoms with E-state index in [2.05, 4.69) is 5.32 Å². The van der Waals surface area contributed by atoms with Crippen LogP contribution in [0.4, 0.5) is 10.1 Å². The van der Waals surface area contributed by atoms with Crippen molar-refractivity contribution >= 4 is 17.5 Å². The maximum absolute atomic E-state index is 12.9. The highest BCUT2D eigenvalue weighted by Gasteiger charge is 2.39. The van der Waals surface area contributed by atoms with E-state index in [0.717, 1.165) is 24.3 Å². The molecule has 2 saturated heterocycles. The van der Waals surface area contributed by atoms with Gasteiger partial charge in [0, 0.05) is 13.2 Å². The van der Waals surface area contributed by atoms with Crippen LogP contribution >= 0.6 is 0 Å². The largest absolute Gasteiger partial charge is 0.377 e. The molecule has 1 N–H and O–H groups in total. The molecule has 2 aliphatic heterocycles. The molecule has 0 unspecified atom stereocenters. The molecule has 1 aromatic rings. The maximum atomic E-state index is 12.9. The molecule has 1 aromatic carbocycles. The van der Waals surface area contributed by atoms with Crippen molar-refractivity contribution in [3.8, 4) is 0 Å². The number of anilines is 1. The van der Waals surface area contributed by atoms with Gasteiger partial charge in [0.25, 0.3) is 5.91 Å². The molecule has 0 aliphatic carbocycles. The lowest BCUT2D eigenvalue weighted by atomic mass is 10.2. The SMILES string of the molecule is O=C1C[C@H](NC[C@H]2CCCO2)C(=O)N1c1ccc(F)cc1. The monoisotopic (exact) mass is 292 g/mol. The number of halogens is 1. The van der Waals surface area contributed by atoms with Crippen LogP contribution in [0.2, 0.25) is 0 Å². The number of benzene rings is 1. The fourth-order valence-electron chi connectivity index (χ4n) is 2.73. The van der Waals surface area contributed by atoms with Gasteiger partial charge < -0.3 is 10.1 Å². The van der Waals surface area contributed by atoms with Crippen LogP contribution < -0.4 is 10.2 Å². The Hall–Kier alpha value is -1.79. The third-order valence-corrected chi connectivity index (χ3v) is 3.85. The van der Waals surface area contributed by atoms with Crippen LogP contribution in [0.1, 0.15) is 19.3 Å². The van der Waals surface area contributed by atoms with Crippen LogP contribution in [-0.2, 0) is 14.3 Å². The fourth-order valence-corrected chi connectivity index (χ4v) is 2.73. The summed E-state index contributed by atoms with van der Waals surface area (Å²) in [6.07, 6.45) is 2.26. The Morgan fingerprint density at radius 2 is 2.05 bits per heavy atom. The van der Waals surface area contributed by atoms with E-state index < -0.39 is 11.9 Å². The van der Waals surface area contributed by atoms with Crippen LogP contribution in [0.3, 0.4) is 0 Å². The molecule has 0 saturated carbocycles. The Bertz CT molecular complexity index is 540. The summed E-state index contributed by atoms with van der Waals surface area (Å²) in [5.74, 6) is -0.952. The zero-order valence-corrected chi connectivity index (χ0v) is 11.5. The van der Waals surface area contributed by atoms with Crippen LogP contribution in [0.5, 0.6) is 0 Å². The highest BCUT2D eigenvalue weighted by molar-refractivity contribution is 6.22. The van der Waals surface area contributed by atoms with E-state index in [4.69, 9.17) is 4.74 Å². The number of carbonyl (C=O) groups is 2. The molecule has 6 heteroatoms. The molecule has 0 spiro atoms. The smallest absolute Gasteiger partial charge is 0.251 e. The first-order valence-corrected chi connectivity index (χ1v) is 7.12. The zero-order chi connectivity index (χ0) is 14.8. The van der Waals surface area contributed by atoms with Gasteiger partial charge >= 0.3 is 0 Å². The molecule has 2 fully saturated rings. The number of hydrogen-bond donors (Lipinski definition) is 1. The minimum Gasteiger partial charge on any atom is -0.377 e. The quantitative estimate of drug-likeness (QED) is 0.848. The number of nitrogens with one attached hydrogen (secondary N) is 1. The average Bonchev–Trinajstić information content (AvgIpc) is 3.07. The molecule has 5 nitrogen and oxygen atoms in total. The highest BCUT2D eigenvalue weighted by atomic mass is 19.1. The minimum absolute atomic E-state index is 0.118. The van der Waals surface area contributed by atoms with E-state index in [-0.39, 0.29) is 24.3 Å². The first-order chi connectivity index (χ1) is 10.1. The second-order valence-electron chi connectivity index (χ2n) is 5.34. The number of ether oxygens (including phenoxy) is 1. The van der Waals surface area contributed by atoms with Gasteiger partial charge in [-0.25, -0.2) is 9.29 Å². The molecule has 2 atom stereocenters. The van der Waals surface area contributed by atoms with Crippen molar-refractivity contribution in [2.45, 2.75) is 31.4 Å². The van der Waals surface area contributed by atoms with Crippen molar-refractivity contribution in [3.05, 3.63) is 30.1 Å². The number of imide groups is 1. The fraction of sp³-hybridized carbons (Fsp3) is 0.467. The number of nitrogens with zero attached hydrogens (tertiary/aromatic N) is 1. The molecule has 3 rings (SSSR count). The zero-order valence-electron chi connectivity index (χ0n) is 11.5. The average molecular weight is 292 g/mol. The van der Waals surface area contributed by atoms with E-state index in [1.165, 1.54) is 24.3 Å². The summed E-state index contributed by atoms with van der Waals surface area (Å²) in [4.78, 5) is 25.4. The van der Waals surface area contributed by atoms with E-state index in [9.17, 15) is 14.0 Å². The Morgan fingerprint density at radius 3 is 2.71 bits per heavy atom. The summed E-state index contributed by atoms with van der Waals surface area (Å²) in [5.41, 5.74) is 0.410. The van der Waals surface area contributed by atoms with Crippen molar-refractivity contribution in [2.75, 3.05) is 18.1 Å². The van der Waals surface area contributed by atoms with Gasteiger partial charge in [-0.15, -0.1) is 0 Å². The number of amides is 2. The molecule has 0 bridgehead atoms. The third kappa shape index (κ3) is 2.96. The number of carbonyl (C=O) groups excluding carboxylic acids is 2. The lowest BCUT2D eigenvalue weighted by molar-refractivity contribution is -0.121. The predicted octanol–water partition coefficient (Wildman–Crippen LogP) is 1.23. The van der Waals surface area contributed by atoms with E-state index in [1.807, 2.05) is 0 Å². The molecule has 2 heterocycles. The van der Waals surface area contributed by atoms with Gasteiger partial charge in [0.2, 0.25) is 5.91 Å². The Balaban J connectivity index is 1.65. The second-order valence-corrected chi connectivity index (χ2v) is 5.34. The van der Waals surface area contributed by atoms with Crippen molar-refractivity contribution in [1.82, 2.24) is 5.32 Å². The van der Waals surface area contributed by atoms with E-state index in [0.29, 0.717) is 12.2 Å². The molecule has 21 heavy (non-hydrogen) atoms. The van der Waals surface area contributed by atoms with Crippen LogP contribution in [0, 0.1) is 5.82 Å². The van der Waals surface area contributed by atoms with Crippen molar-refractivity contribution in [3.63, 3.8) is 0 Å². The maximum Gasteiger partial charge on any atom is 0.251 e. The third-order valence-electron chi connectivity index (χ3n) is 3.85. The molecule has 2 aliphatic rings. The van der Waals surface area contributed by atoms with Crippen molar-refractivity contribution in [2.24, 2.45) is 0 Å². The summed E-state index contributed by atoms with van der Waals surface area (Å²) < 4.78 is 18.4. The number of rotatable bonds is 4. The van der Waals surface area contributed by atoms with Gasteiger partial charge in [-0.2, -0.15) is 0 Å². The molecule has 112 valence electrons. The molecule has 2 amide bonds. The molecular weight excluding hydrogens is 275 g/mol. The molecule has 0 aromatic heterocycles. The minimum atomic E-state index is -0.522. The first kappa shape index (κ1) is 14.2. The Kier molecular flexibility index (Phi) is 3.98. The first-order valence-electron chi connectivity index (χ1n) is 7.12. The topological polar surface area (TPSA) is 58.6 Å². The van der Waals surface area contributed by atoms with Gasteiger partial charge in [-0.3, -0.25) is 9.59 Å². The predicted molar refractivity (Wildman–Crippen MR) is 74.3 cm³/mol. The summed E-state index contributed by atoms with van der Waals surface area (Å²) in [7, 11) is 0. The summed E-state index contributed by atoms with van der Waals surface area (Å²) in [5, 5.41) is 3.10. The molecular formula is C15H17FN2O3. The summed E-state index contributed by atoms with van der Waals surface area (Å²) >= 11 is 0. The van der Waals surface area contributed by atoms with Gasteiger partial charge in [0.15, 0.2) is 0 Å². The van der Waals surface area contributed by atoms with Gasteiger partial charge in [0.05, 0.1) is 24.3 Å². The highest BCUT2D eigenvalue weighted by Crippen LogP contribution is 2.23. The van der Waals surface area contributed by atoms with Crippen molar-refractivity contribution < 1.29 is 18.7 Å². The van der Waals surface area contributed by atoms with Gasteiger partial charge in [-0.05, 0) is 37.1 Å². The standard InChI is InChI=1S/C15H17FN2O3/c16-10-3-5-11(6-4-10)18-14(19)8-13(15(18)20)17-9-12-2-1-7-21-12/h3-6,12-13,17H,1-2,7-9H2/t12-,13+/m1/s1. The summed E-state index contributed by atoms with van der Waals surface area (Å²) in [6.45, 7) is 1.33. The van der Waals surface area contributed by atoms with E-state index in [1.54, 1.807) is 0 Å².